The number of carbonyl (C=O) groups excluding carboxylic acids is 2. The van der Waals surface area contributed by atoms with Crippen molar-refractivity contribution in [2.24, 2.45) is 5.92 Å². The number of esters is 1. The van der Waals surface area contributed by atoms with E-state index in [-0.39, 0.29) is 41.8 Å². The quantitative estimate of drug-likeness (QED) is 0.0746. The molecule has 7 rings (SSSR count). The first-order valence-electron chi connectivity index (χ1n) is 19.0. The fourth-order valence-electron chi connectivity index (χ4n) is 7.19. The summed E-state index contributed by atoms with van der Waals surface area (Å²) < 4.78 is 5.82. The molecule has 11 nitrogen and oxygen atoms in total. The minimum Gasteiger partial charge on any atom is -0.506 e. The molecule has 2 atom stereocenters. The number of amides is 1. The van der Waals surface area contributed by atoms with Gasteiger partial charge in [0.15, 0.2) is 0 Å². The first kappa shape index (κ1) is 39.6. The van der Waals surface area contributed by atoms with Crippen LogP contribution in [0.5, 0.6) is 5.75 Å². The van der Waals surface area contributed by atoms with Crippen LogP contribution in [-0.4, -0.2) is 70.4 Å². The molecule has 3 heterocycles. The van der Waals surface area contributed by atoms with Crippen molar-refractivity contribution in [1.29, 1.82) is 0 Å². The van der Waals surface area contributed by atoms with Crippen LogP contribution in [-0.2, 0) is 28.2 Å². The number of likely N-dealkylation sites (tertiary alicyclic amines) is 1. The van der Waals surface area contributed by atoms with E-state index >= 15 is 0 Å². The van der Waals surface area contributed by atoms with Gasteiger partial charge in [0.2, 0.25) is 11.2 Å². The number of aliphatic hydroxyl groups excluding tert-OH is 1. The Kier molecular flexibility index (Phi) is 12.3. The number of phenols is 1. The Morgan fingerprint density at radius 2 is 1.67 bits per heavy atom. The fraction of sp³-hybridized carbons (Fsp3) is 0.267. The summed E-state index contributed by atoms with van der Waals surface area (Å²) in [6.45, 7) is 3.17. The van der Waals surface area contributed by atoms with E-state index in [0.29, 0.717) is 40.7 Å². The molecule has 1 unspecified atom stereocenters. The third-order valence-corrected chi connectivity index (χ3v) is 11.7. The number of carbonyl (C=O) groups is 2. The van der Waals surface area contributed by atoms with Gasteiger partial charge in [-0.25, -0.2) is 4.79 Å². The summed E-state index contributed by atoms with van der Waals surface area (Å²) in [7, 11) is 2.09. The Labute approximate surface area is 334 Å². The second-order valence-corrected chi connectivity index (χ2v) is 15.7. The Bertz CT molecular complexity index is 2390. The summed E-state index contributed by atoms with van der Waals surface area (Å²) in [5.74, 6) is -0.717. The number of piperidine rings is 1. The molecule has 6 aromatic rings. The van der Waals surface area contributed by atoms with Crippen LogP contribution in [0.4, 0.5) is 0 Å². The van der Waals surface area contributed by atoms with Gasteiger partial charge in [0.25, 0.3) is 5.91 Å². The number of fused-ring (bicyclic) bond motifs is 1. The molecule has 1 aliphatic heterocycles. The number of nitrogens with zero attached hydrogens (tertiary/aromatic N) is 1. The number of aromatic nitrogens is 1. The minimum atomic E-state index is -1.99. The molecule has 0 spiro atoms. The average molecular weight is 787 g/mol. The Balaban J connectivity index is 0.945. The molecule has 0 bridgehead atoms. The highest BCUT2D eigenvalue weighted by Gasteiger charge is 2.42. The third kappa shape index (κ3) is 9.17. The highest BCUT2D eigenvalue weighted by Crippen LogP contribution is 2.36. The first-order chi connectivity index (χ1) is 27.6. The van der Waals surface area contributed by atoms with Gasteiger partial charge in [-0.1, -0.05) is 66.7 Å². The van der Waals surface area contributed by atoms with Gasteiger partial charge in [-0.15, -0.1) is 11.3 Å². The van der Waals surface area contributed by atoms with Crippen molar-refractivity contribution >= 4 is 34.1 Å². The van der Waals surface area contributed by atoms with E-state index in [1.54, 1.807) is 54.6 Å². The molecule has 0 saturated carbocycles. The molecule has 1 amide bonds. The number of thiophene rings is 1. The van der Waals surface area contributed by atoms with Crippen molar-refractivity contribution in [2.75, 3.05) is 33.3 Å². The van der Waals surface area contributed by atoms with Crippen LogP contribution in [0.3, 0.4) is 0 Å². The summed E-state index contributed by atoms with van der Waals surface area (Å²) in [5.41, 5.74) is 1.65. The smallest absolute Gasteiger partial charge is 0.347 e. The molecule has 57 heavy (non-hydrogen) atoms. The lowest BCUT2D eigenvalue weighted by Crippen LogP contribution is -2.40. The Morgan fingerprint density at radius 3 is 2.44 bits per heavy atom. The number of benzene rings is 4. The number of pyridine rings is 1. The van der Waals surface area contributed by atoms with Crippen molar-refractivity contribution in [3.05, 3.63) is 158 Å². The van der Waals surface area contributed by atoms with E-state index in [1.807, 2.05) is 48.5 Å². The topological polar surface area (TPSA) is 164 Å². The van der Waals surface area contributed by atoms with Gasteiger partial charge in [-0.3, -0.25) is 9.59 Å². The summed E-state index contributed by atoms with van der Waals surface area (Å²) >= 11 is 1.52. The maximum atomic E-state index is 13.7. The molecule has 6 N–H and O–H groups in total. The third-order valence-electron chi connectivity index (χ3n) is 10.6. The van der Waals surface area contributed by atoms with E-state index in [2.05, 4.69) is 27.6 Å². The van der Waals surface area contributed by atoms with Gasteiger partial charge >= 0.3 is 5.97 Å². The van der Waals surface area contributed by atoms with Crippen LogP contribution < -0.4 is 16.2 Å². The Morgan fingerprint density at radius 1 is 0.912 bits per heavy atom. The highest BCUT2D eigenvalue weighted by molar-refractivity contribution is 7.15. The molecule has 4 aromatic carbocycles. The highest BCUT2D eigenvalue weighted by atomic mass is 32.1. The van der Waals surface area contributed by atoms with E-state index in [1.165, 1.54) is 23.5 Å². The molecule has 1 aliphatic rings. The fourth-order valence-corrected chi connectivity index (χ4v) is 8.13. The Hall–Kier alpha value is -5.63. The van der Waals surface area contributed by atoms with E-state index < -0.39 is 17.7 Å². The van der Waals surface area contributed by atoms with Crippen LogP contribution in [0.1, 0.15) is 56.4 Å². The van der Waals surface area contributed by atoms with Crippen LogP contribution >= 0.6 is 11.3 Å². The number of nitrogens with one attached hydrogen (secondary N) is 3. The normalized spacial score (nSPS) is 15.2. The number of aliphatic hydroxyl groups is 2. The second kappa shape index (κ2) is 17.7. The zero-order valence-corrected chi connectivity index (χ0v) is 32.4. The van der Waals surface area contributed by atoms with Crippen molar-refractivity contribution in [3.63, 3.8) is 0 Å². The van der Waals surface area contributed by atoms with Crippen LogP contribution in [0, 0.1) is 5.92 Å². The summed E-state index contributed by atoms with van der Waals surface area (Å²) in [5, 5.41) is 39.9. The molecule has 2 aromatic heterocycles. The van der Waals surface area contributed by atoms with Crippen molar-refractivity contribution in [1.82, 2.24) is 20.5 Å². The maximum Gasteiger partial charge on any atom is 0.347 e. The zero-order valence-electron chi connectivity index (χ0n) is 31.6. The van der Waals surface area contributed by atoms with Crippen molar-refractivity contribution in [3.8, 4) is 16.2 Å². The lowest BCUT2D eigenvalue weighted by Gasteiger charge is -2.31. The number of phenolic OH excluding ortho intramolecular Hbond substituents is 1. The SMILES string of the molecule is CN1CCC(COC(=O)C(O)(c2ccccc2)c2cccc(-c3ccc(CNC(=O)c4ccc(CNC[C@H](O)c5ccc(O)c6[nH]c(=O)ccc56)cc4)s3)c2)CC1. The molecular weight excluding hydrogens is 741 g/mol. The predicted octanol–water partition coefficient (Wildman–Crippen LogP) is 5.84. The van der Waals surface area contributed by atoms with Gasteiger partial charge < -0.3 is 40.6 Å². The van der Waals surface area contributed by atoms with Gasteiger partial charge in [0.1, 0.15) is 5.75 Å². The number of ether oxygens (including phenoxy) is 1. The number of hydrogen-bond acceptors (Lipinski definition) is 10. The average Bonchev–Trinajstić information content (AvgIpc) is 3.72. The van der Waals surface area contributed by atoms with Crippen molar-refractivity contribution < 1.29 is 29.6 Å². The van der Waals surface area contributed by atoms with Crippen LogP contribution in [0.15, 0.2) is 120 Å². The van der Waals surface area contributed by atoms with Gasteiger partial charge in [-0.05, 0) is 104 Å². The predicted molar refractivity (Wildman–Crippen MR) is 221 cm³/mol. The lowest BCUT2D eigenvalue weighted by molar-refractivity contribution is -0.164. The summed E-state index contributed by atoms with van der Waals surface area (Å²) in [6, 6.07) is 33.4. The van der Waals surface area contributed by atoms with Gasteiger partial charge in [-0.2, -0.15) is 0 Å². The second-order valence-electron chi connectivity index (χ2n) is 14.6. The molecule has 12 heteroatoms. The van der Waals surface area contributed by atoms with E-state index in [0.717, 1.165) is 46.8 Å². The van der Waals surface area contributed by atoms with E-state index in [9.17, 15) is 29.7 Å². The maximum absolute atomic E-state index is 13.7. The number of aromatic hydroxyl groups is 1. The molecule has 294 valence electrons. The van der Waals surface area contributed by atoms with E-state index in [4.69, 9.17) is 4.74 Å². The number of aromatic amines is 1. The number of rotatable bonds is 14. The minimum absolute atomic E-state index is 0.0643. The lowest BCUT2D eigenvalue weighted by atomic mass is 9.85. The standard InChI is InChI=1S/C45H46N4O7S/c1-49-22-20-30(21-23-49)28-56-44(54)45(55,33-7-3-2-4-8-33)34-9-5-6-32(24-34)40-18-14-35(57-40)26-47-43(53)31-12-10-29(11-13-31)25-46-27-39(51)36-15-17-38(50)42-37(36)16-19-41(52)48-42/h2-19,24,30,39,46,50-51,55H,20-23,25-28H2,1H3,(H,47,53)(H,48,52)/t39-,45?/m0/s1. The van der Waals surface area contributed by atoms with Gasteiger partial charge in [0.05, 0.1) is 24.8 Å². The molecular formula is C45H46N4O7S. The monoisotopic (exact) mass is 786 g/mol. The van der Waals surface area contributed by atoms with Crippen LogP contribution in [0.2, 0.25) is 0 Å². The number of H-pyrrole nitrogens is 1. The summed E-state index contributed by atoms with van der Waals surface area (Å²) in [6.07, 6.45) is 0.999. The van der Waals surface area contributed by atoms with Crippen LogP contribution in [0.25, 0.3) is 21.3 Å². The zero-order chi connectivity index (χ0) is 39.9. The molecule has 1 saturated heterocycles. The number of hydrogen-bond donors (Lipinski definition) is 6. The molecule has 0 radical (unpaired) electrons. The van der Waals surface area contributed by atoms with Crippen molar-refractivity contribution in [2.45, 2.75) is 37.6 Å². The largest absolute Gasteiger partial charge is 0.506 e. The summed E-state index contributed by atoms with van der Waals surface area (Å²) in [4.78, 5) is 45.3. The van der Waals surface area contributed by atoms with Gasteiger partial charge in [0, 0.05) is 45.4 Å². The first-order valence-corrected chi connectivity index (χ1v) is 19.8. The molecule has 1 fully saturated rings. The molecule has 0 aliphatic carbocycles.